The van der Waals surface area contributed by atoms with Gasteiger partial charge in [-0.25, -0.2) is 9.37 Å². The highest BCUT2D eigenvalue weighted by atomic mass is 19.1. The zero-order valence-corrected chi connectivity index (χ0v) is 15.6. The van der Waals surface area contributed by atoms with Crippen LogP contribution in [0, 0.1) is 18.7 Å². The lowest BCUT2D eigenvalue weighted by atomic mass is 9.98. The van der Waals surface area contributed by atoms with Crippen molar-refractivity contribution in [1.29, 1.82) is 0 Å². The minimum absolute atomic E-state index is 0.0902. The minimum Gasteiger partial charge on any atom is -0.356 e. The molecular formula is C22H28FN3. The van der Waals surface area contributed by atoms with Gasteiger partial charge >= 0.3 is 0 Å². The molecule has 1 unspecified atom stereocenters. The molecule has 0 N–H and O–H groups in total. The zero-order chi connectivity index (χ0) is 17.9. The molecule has 2 aliphatic heterocycles. The summed E-state index contributed by atoms with van der Waals surface area (Å²) in [7, 11) is 0. The van der Waals surface area contributed by atoms with Gasteiger partial charge in [0.15, 0.2) is 0 Å². The molecule has 0 amide bonds. The second kappa shape index (κ2) is 7.75. The molecule has 1 aromatic carbocycles. The SMILES string of the molecule is Cc1ccc(CC2CCN(c3ccc(CN4CCCC4)cn3)C2)cc1F. The summed E-state index contributed by atoms with van der Waals surface area (Å²) in [6.45, 7) is 7.32. The molecular weight excluding hydrogens is 325 g/mol. The molecule has 1 aromatic heterocycles. The lowest BCUT2D eigenvalue weighted by Gasteiger charge is -2.19. The molecule has 1 atom stereocenters. The maximum Gasteiger partial charge on any atom is 0.128 e. The highest BCUT2D eigenvalue weighted by Crippen LogP contribution is 2.26. The van der Waals surface area contributed by atoms with Crippen molar-refractivity contribution >= 4 is 5.82 Å². The van der Waals surface area contributed by atoms with Gasteiger partial charge in [0, 0.05) is 25.8 Å². The van der Waals surface area contributed by atoms with Gasteiger partial charge in [0.25, 0.3) is 0 Å². The molecule has 2 saturated heterocycles. The van der Waals surface area contributed by atoms with Crippen LogP contribution < -0.4 is 4.90 Å². The highest BCUT2D eigenvalue weighted by molar-refractivity contribution is 5.40. The summed E-state index contributed by atoms with van der Waals surface area (Å²) in [5.74, 6) is 1.56. The number of anilines is 1. The van der Waals surface area contributed by atoms with Crippen LogP contribution >= 0.6 is 0 Å². The summed E-state index contributed by atoms with van der Waals surface area (Å²) >= 11 is 0. The van der Waals surface area contributed by atoms with Crippen LogP contribution in [0.1, 0.15) is 36.0 Å². The van der Waals surface area contributed by atoms with E-state index >= 15 is 0 Å². The van der Waals surface area contributed by atoms with Gasteiger partial charge in [0.2, 0.25) is 0 Å². The van der Waals surface area contributed by atoms with Crippen molar-refractivity contribution in [2.24, 2.45) is 5.92 Å². The van der Waals surface area contributed by atoms with E-state index in [-0.39, 0.29) is 5.82 Å². The summed E-state index contributed by atoms with van der Waals surface area (Å²) in [4.78, 5) is 9.58. The van der Waals surface area contributed by atoms with E-state index in [0.29, 0.717) is 5.92 Å². The Bertz CT molecular complexity index is 738. The normalized spacial score (nSPS) is 20.8. The van der Waals surface area contributed by atoms with Crippen molar-refractivity contribution in [3.05, 3.63) is 59.0 Å². The van der Waals surface area contributed by atoms with Crippen molar-refractivity contribution in [3.63, 3.8) is 0 Å². The Hall–Kier alpha value is -1.94. The second-order valence-corrected chi connectivity index (χ2v) is 7.90. The van der Waals surface area contributed by atoms with Crippen LogP contribution in [0.5, 0.6) is 0 Å². The molecule has 0 aliphatic carbocycles. The third kappa shape index (κ3) is 4.07. The molecule has 0 radical (unpaired) electrons. The number of aromatic nitrogens is 1. The fourth-order valence-corrected chi connectivity index (χ4v) is 4.20. The van der Waals surface area contributed by atoms with Gasteiger partial charge in [-0.2, -0.15) is 0 Å². The Kier molecular flexibility index (Phi) is 5.21. The van der Waals surface area contributed by atoms with Gasteiger partial charge in [-0.05, 0) is 80.4 Å². The van der Waals surface area contributed by atoms with E-state index in [1.54, 1.807) is 6.07 Å². The smallest absolute Gasteiger partial charge is 0.128 e. The van der Waals surface area contributed by atoms with E-state index < -0.39 is 0 Å². The van der Waals surface area contributed by atoms with Gasteiger partial charge in [0.1, 0.15) is 11.6 Å². The highest BCUT2D eigenvalue weighted by Gasteiger charge is 2.24. The maximum atomic E-state index is 13.8. The topological polar surface area (TPSA) is 19.4 Å². The van der Waals surface area contributed by atoms with Crippen molar-refractivity contribution in [3.8, 4) is 0 Å². The average molecular weight is 353 g/mol. The van der Waals surface area contributed by atoms with Crippen LogP contribution in [-0.4, -0.2) is 36.1 Å². The number of aryl methyl sites for hydroxylation is 1. The average Bonchev–Trinajstić information content (AvgIpc) is 3.31. The molecule has 0 bridgehead atoms. The van der Waals surface area contributed by atoms with E-state index in [2.05, 4.69) is 28.0 Å². The summed E-state index contributed by atoms with van der Waals surface area (Å²) in [5.41, 5.74) is 3.13. The predicted molar refractivity (Wildman–Crippen MR) is 104 cm³/mol. The third-order valence-corrected chi connectivity index (χ3v) is 5.78. The van der Waals surface area contributed by atoms with Crippen LogP contribution in [0.4, 0.5) is 10.2 Å². The molecule has 0 spiro atoms. The first-order valence-corrected chi connectivity index (χ1v) is 9.84. The minimum atomic E-state index is -0.0902. The van der Waals surface area contributed by atoms with Crippen molar-refractivity contribution in [1.82, 2.24) is 9.88 Å². The monoisotopic (exact) mass is 353 g/mol. The van der Waals surface area contributed by atoms with Gasteiger partial charge in [-0.3, -0.25) is 4.90 Å². The summed E-state index contributed by atoms with van der Waals surface area (Å²) < 4.78 is 13.8. The molecule has 26 heavy (non-hydrogen) atoms. The summed E-state index contributed by atoms with van der Waals surface area (Å²) in [6.07, 6.45) is 6.78. The number of halogens is 1. The fourth-order valence-electron chi connectivity index (χ4n) is 4.20. The molecule has 3 heterocycles. The van der Waals surface area contributed by atoms with E-state index in [9.17, 15) is 4.39 Å². The second-order valence-electron chi connectivity index (χ2n) is 7.90. The Morgan fingerprint density at radius 2 is 1.88 bits per heavy atom. The summed E-state index contributed by atoms with van der Waals surface area (Å²) in [6, 6.07) is 10.0. The number of rotatable bonds is 5. The Morgan fingerprint density at radius 3 is 2.62 bits per heavy atom. The first-order chi connectivity index (χ1) is 12.7. The van der Waals surface area contributed by atoms with Crippen LogP contribution in [0.25, 0.3) is 0 Å². The Labute approximate surface area is 155 Å². The Balaban J connectivity index is 1.33. The predicted octanol–water partition coefficient (Wildman–Crippen LogP) is 4.19. The van der Waals surface area contributed by atoms with E-state index in [1.165, 1.54) is 31.5 Å². The van der Waals surface area contributed by atoms with Gasteiger partial charge < -0.3 is 4.90 Å². The number of likely N-dealkylation sites (tertiary alicyclic amines) is 1. The number of pyridine rings is 1. The lowest BCUT2D eigenvalue weighted by Crippen LogP contribution is -2.22. The molecule has 2 aromatic rings. The van der Waals surface area contributed by atoms with E-state index in [4.69, 9.17) is 4.98 Å². The zero-order valence-electron chi connectivity index (χ0n) is 15.6. The van der Waals surface area contributed by atoms with Crippen LogP contribution in [0.15, 0.2) is 36.5 Å². The number of benzene rings is 1. The molecule has 2 aliphatic rings. The van der Waals surface area contributed by atoms with Gasteiger partial charge in [-0.15, -0.1) is 0 Å². The molecule has 2 fully saturated rings. The molecule has 4 heteroatoms. The summed E-state index contributed by atoms with van der Waals surface area (Å²) in [5, 5.41) is 0. The molecule has 3 nitrogen and oxygen atoms in total. The van der Waals surface area contributed by atoms with Crippen LogP contribution in [-0.2, 0) is 13.0 Å². The van der Waals surface area contributed by atoms with E-state index in [0.717, 1.165) is 49.4 Å². The van der Waals surface area contributed by atoms with Gasteiger partial charge in [-0.1, -0.05) is 18.2 Å². The Morgan fingerprint density at radius 1 is 1.08 bits per heavy atom. The van der Waals surface area contributed by atoms with Gasteiger partial charge in [0.05, 0.1) is 0 Å². The number of hydrogen-bond acceptors (Lipinski definition) is 3. The number of hydrogen-bond donors (Lipinski definition) is 0. The number of nitrogens with zero attached hydrogens (tertiary/aromatic N) is 3. The first-order valence-electron chi connectivity index (χ1n) is 9.84. The maximum absolute atomic E-state index is 13.8. The van der Waals surface area contributed by atoms with Crippen molar-refractivity contribution < 1.29 is 4.39 Å². The standard InChI is InChI=1S/C22H28FN3/c1-17-4-5-18(13-21(17)23)12-19-8-11-26(16-19)22-7-6-20(14-24-22)15-25-9-2-3-10-25/h4-7,13-14,19H,2-3,8-12,15-16H2,1H3. The fraction of sp³-hybridized carbons (Fsp3) is 0.500. The van der Waals surface area contributed by atoms with E-state index in [1.807, 2.05) is 19.2 Å². The molecule has 138 valence electrons. The molecule has 4 rings (SSSR count). The quantitative estimate of drug-likeness (QED) is 0.803. The lowest BCUT2D eigenvalue weighted by molar-refractivity contribution is 0.331. The first kappa shape index (κ1) is 17.5. The largest absolute Gasteiger partial charge is 0.356 e. The van der Waals surface area contributed by atoms with Crippen molar-refractivity contribution in [2.75, 3.05) is 31.1 Å². The van der Waals surface area contributed by atoms with Crippen molar-refractivity contribution in [2.45, 2.75) is 39.2 Å². The molecule has 0 saturated carbocycles. The third-order valence-electron chi connectivity index (χ3n) is 5.78. The van der Waals surface area contributed by atoms with Crippen LogP contribution in [0.3, 0.4) is 0 Å². The van der Waals surface area contributed by atoms with Crippen LogP contribution in [0.2, 0.25) is 0 Å².